The smallest absolute Gasteiger partial charge is 0.338 e. The Morgan fingerprint density at radius 2 is 2.03 bits per heavy atom. The van der Waals surface area contributed by atoms with Crippen LogP contribution in [0.4, 0.5) is 0 Å². The van der Waals surface area contributed by atoms with Gasteiger partial charge >= 0.3 is 5.97 Å². The van der Waals surface area contributed by atoms with Crippen LogP contribution in [0.5, 0.6) is 0 Å². The summed E-state index contributed by atoms with van der Waals surface area (Å²) in [5, 5.41) is 0. The number of cyclic esters (lactones) is 1. The van der Waals surface area contributed by atoms with E-state index in [1.165, 1.54) is 16.7 Å². The zero-order valence-corrected chi connectivity index (χ0v) is 17.5. The van der Waals surface area contributed by atoms with Crippen molar-refractivity contribution in [3.8, 4) is 23.7 Å². The molecule has 3 heterocycles. The lowest BCUT2D eigenvalue weighted by Crippen LogP contribution is -2.33. The standard InChI is InChI=1S/C26H23N3O2/c1-3-18-4-6-20(7-5-18)25-27-14-21-15-29(13-11-24(21)28-25)12-10-19-8-9-22-23(17(19)2)16-31-26(22)30/h1,4-9,14H,10-13,15-16H2,2H3. The van der Waals surface area contributed by atoms with E-state index >= 15 is 0 Å². The van der Waals surface area contributed by atoms with E-state index in [4.69, 9.17) is 16.1 Å². The van der Waals surface area contributed by atoms with Crippen LogP contribution >= 0.6 is 0 Å². The van der Waals surface area contributed by atoms with Crippen LogP contribution in [0.3, 0.4) is 0 Å². The number of hydrogen-bond donors (Lipinski definition) is 0. The fraction of sp³-hybridized carbons (Fsp3) is 0.269. The molecule has 0 amide bonds. The maximum absolute atomic E-state index is 11.7. The van der Waals surface area contributed by atoms with Gasteiger partial charge in [0, 0.05) is 54.5 Å². The van der Waals surface area contributed by atoms with Crippen molar-refractivity contribution >= 4 is 5.97 Å². The number of aromatic nitrogens is 2. The number of rotatable bonds is 4. The lowest BCUT2D eigenvalue weighted by molar-refractivity contribution is 0.0535. The molecule has 0 atom stereocenters. The van der Waals surface area contributed by atoms with Crippen LogP contribution in [-0.4, -0.2) is 33.9 Å². The Bertz CT molecular complexity index is 1210. The number of ether oxygens (including phenoxy) is 1. The Hall–Kier alpha value is -3.49. The van der Waals surface area contributed by atoms with Crippen LogP contribution in [-0.2, 0) is 30.7 Å². The van der Waals surface area contributed by atoms with Crippen LogP contribution in [0.25, 0.3) is 11.4 Å². The molecule has 3 aromatic rings. The van der Waals surface area contributed by atoms with Crippen LogP contribution in [0, 0.1) is 19.3 Å². The van der Waals surface area contributed by atoms with Gasteiger partial charge in [-0.1, -0.05) is 12.0 Å². The molecule has 0 saturated carbocycles. The number of carbonyl (C=O) groups excluding carboxylic acids is 1. The molecule has 5 heteroatoms. The van der Waals surface area contributed by atoms with Crippen molar-refractivity contribution in [3.63, 3.8) is 0 Å². The van der Waals surface area contributed by atoms with Crippen LogP contribution in [0.1, 0.15) is 43.9 Å². The molecule has 5 rings (SSSR count). The number of carbonyl (C=O) groups is 1. The van der Waals surface area contributed by atoms with E-state index in [0.29, 0.717) is 6.61 Å². The third kappa shape index (κ3) is 3.71. The van der Waals surface area contributed by atoms with Gasteiger partial charge in [0.15, 0.2) is 5.82 Å². The highest BCUT2D eigenvalue weighted by Gasteiger charge is 2.24. The van der Waals surface area contributed by atoms with Crippen molar-refractivity contribution in [2.45, 2.75) is 32.9 Å². The Labute approximate surface area is 182 Å². The number of fused-ring (bicyclic) bond motifs is 2. The van der Waals surface area contributed by atoms with Gasteiger partial charge in [-0.05, 0) is 54.8 Å². The SMILES string of the molecule is C#Cc1ccc(-c2ncc3c(n2)CCN(CCc2ccc4c(c2C)COC4=O)C3)cc1. The van der Waals surface area contributed by atoms with Crippen LogP contribution < -0.4 is 0 Å². The average Bonchev–Trinajstić information content (AvgIpc) is 3.19. The van der Waals surface area contributed by atoms with Crippen LogP contribution in [0.15, 0.2) is 42.6 Å². The summed E-state index contributed by atoms with van der Waals surface area (Å²) in [6.45, 7) is 5.29. The minimum absolute atomic E-state index is 0.205. The van der Waals surface area contributed by atoms with Crippen molar-refractivity contribution in [1.29, 1.82) is 0 Å². The molecule has 0 fully saturated rings. The van der Waals surface area contributed by atoms with Gasteiger partial charge in [0.05, 0.1) is 11.3 Å². The fourth-order valence-corrected chi connectivity index (χ4v) is 4.37. The van der Waals surface area contributed by atoms with Crippen molar-refractivity contribution in [2.24, 2.45) is 0 Å². The minimum atomic E-state index is -0.205. The fourth-order valence-electron chi connectivity index (χ4n) is 4.37. The zero-order valence-electron chi connectivity index (χ0n) is 17.5. The average molecular weight is 409 g/mol. The van der Waals surface area contributed by atoms with Gasteiger partial charge in [-0.25, -0.2) is 14.8 Å². The molecular weight excluding hydrogens is 386 g/mol. The van der Waals surface area contributed by atoms with E-state index < -0.39 is 0 Å². The quantitative estimate of drug-likeness (QED) is 0.486. The first kappa shape index (κ1) is 19.5. The normalized spacial score (nSPS) is 15.2. The lowest BCUT2D eigenvalue weighted by atomic mass is 9.96. The van der Waals surface area contributed by atoms with Crippen molar-refractivity contribution < 1.29 is 9.53 Å². The highest BCUT2D eigenvalue weighted by atomic mass is 16.5. The molecule has 2 aliphatic rings. The van der Waals surface area contributed by atoms with Gasteiger partial charge < -0.3 is 4.74 Å². The number of terminal acetylenes is 1. The predicted molar refractivity (Wildman–Crippen MR) is 118 cm³/mol. The highest BCUT2D eigenvalue weighted by molar-refractivity contribution is 5.93. The summed E-state index contributed by atoms with van der Waals surface area (Å²) in [5.74, 6) is 3.18. The van der Waals surface area contributed by atoms with Crippen molar-refractivity contribution in [3.05, 3.63) is 81.7 Å². The molecule has 2 aliphatic heterocycles. The maximum atomic E-state index is 11.7. The van der Waals surface area contributed by atoms with E-state index in [2.05, 4.69) is 28.8 Å². The molecule has 0 N–H and O–H groups in total. The lowest BCUT2D eigenvalue weighted by Gasteiger charge is -2.28. The molecule has 0 aliphatic carbocycles. The van der Waals surface area contributed by atoms with Gasteiger partial charge in [0.2, 0.25) is 0 Å². The molecule has 1 aromatic heterocycles. The summed E-state index contributed by atoms with van der Waals surface area (Å²) in [6.07, 6.45) is 9.26. The number of esters is 1. The molecule has 0 spiro atoms. The van der Waals surface area contributed by atoms with E-state index in [1.54, 1.807) is 0 Å². The van der Waals surface area contributed by atoms with Crippen LogP contribution in [0.2, 0.25) is 0 Å². The molecule has 0 radical (unpaired) electrons. The first-order valence-corrected chi connectivity index (χ1v) is 10.5. The van der Waals surface area contributed by atoms with E-state index in [1.807, 2.05) is 36.5 Å². The molecule has 2 aromatic carbocycles. The van der Waals surface area contributed by atoms with E-state index in [0.717, 1.165) is 66.2 Å². The topological polar surface area (TPSA) is 55.3 Å². The molecule has 5 nitrogen and oxygen atoms in total. The monoisotopic (exact) mass is 409 g/mol. The number of nitrogens with zero attached hydrogens (tertiary/aromatic N) is 3. The molecule has 154 valence electrons. The van der Waals surface area contributed by atoms with Gasteiger partial charge in [-0.3, -0.25) is 4.90 Å². The zero-order chi connectivity index (χ0) is 21.4. The summed E-state index contributed by atoms with van der Waals surface area (Å²) in [5.41, 5.74) is 8.40. The highest BCUT2D eigenvalue weighted by Crippen LogP contribution is 2.27. The third-order valence-electron chi connectivity index (χ3n) is 6.30. The minimum Gasteiger partial charge on any atom is -0.457 e. The van der Waals surface area contributed by atoms with Gasteiger partial charge in [-0.2, -0.15) is 0 Å². The summed E-state index contributed by atoms with van der Waals surface area (Å²) in [4.78, 5) is 23.6. The van der Waals surface area contributed by atoms with Crippen molar-refractivity contribution in [2.75, 3.05) is 13.1 Å². The summed E-state index contributed by atoms with van der Waals surface area (Å²) >= 11 is 0. The van der Waals surface area contributed by atoms with E-state index in [9.17, 15) is 4.79 Å². The Morgan fingerprint density at radius 3 is 2.84 bits per heavy atom. The van der Waals surface area contributed by atoms with Crippen molar-refractivity contribution in [1.82, 2.24) is 14.9 Å². The molecule has 0 saturated heterocycles. The Morgan fingerprint density at radius 1 is 1.19 bits per heavy atom. The number of benzene rings is 2. The first-order valence-electron chi connectivity index (χ1n) is 10.5. The Kier molecular flexibility index (Phi) is 5.01. The van der Waals surface area contributed by atoms with E-state index in [-0.39, 0.29) is 5.97 Å². The molecular formula is C26H23N3O2. The molecule has 0 unspecified atom stereocenters. The van der Waals surface area contributed by atoms with Gasteiger partial charge in [0.1, 0.15) is 6.61 Å². The molecule has 31 heavy (non-hydrogen) atoms. The predicted octanol–water partition coefficient (Wildman–Crippen LogP) is 3.70. The second-order valence-electron chi connectivity index (χ2n) is 8.12. The second kappa shape index (κ2) is 7.98. The third-order valence-corrected chi connectivity index (χ3v) is 6.30. The Balaban J connectivity index is 1.26. The summed E-state index contributed by atoms with van der Waals surface area (Å²) in [6, 6.07) is 11.8. The number of hydrogen-bond acceptors (Lipinski definition) is 5. The molecule has 0 bridgehead atoms. The van der Waals surface area contributed by atoms with Gasteiger partial charge in [-0.15, -0.1) is 6.42 Å². The maximum Gasteiger partial charge on any atom is 0.338 e. The second-order valence-corrected chi connectivity index (χ2v) is 8.12. The summed E-state index contributed by atoms with van der Waals surface area (Å²) in [7, 11) is 0. The first-order chi connectivity index (χ1) is 15.1. The summed E-state index contributed by atoms with van der Waals surface area (Å²) < 4.78 is 5.17. The van der Waals surface area contributed by atoms with Gasteiger partial charge in [0.25, 0.3) is 0 Å². The largest absolute Gasteiger partial charge is 0.457 e.